The van der Waals surface area contributed by atoms with Crippen molar-refractivity contribution < 1.29 is 4.42 Å². The van der Waals surface area contributed by atoms with E-state index in [1.54, 1.807) is 0 Å². The summed E-state index contributed by atoms with van der Waals surface area (Å²) in [6.07, 6.45) is 8.34. The lowest BCUT2D eigenvalue weighted by Crippen LogP contribution is -2.68. The molecule has 5 heteroatoms. The van der Waals surface area contributed by atoms with Crippen LogP contribution in [0.25, 0.3) is 42.1 Å². The maximum Gasteiger partial charge on any atom is 0.179 e. The highest BCUT2D eigenvalue weighted by Crippen LogP contribution is 2.41. The van der Waals surface area contributed by atoms with Crippen molar-refractivity contribution in [1.82, 2.24) is 0 Å². The SMILES string of the molecule is C1=CC(N(c2ccccc2)c2ccc3c(c2)sc2ccccc23)CC=C1[Si](c1ccccc1)(c1ccccc1)c1cccc(N(c2ccccc2)c2ccc3c(c2)oc2ccccc23)c1. The minimum Gasteiger partial charge on any atom is -0.456 e. The maximum atomic E-state index is 6.46. The van der Waals surface area contributed by atoms with Gasteiger partial charge < -0.3 is 14.2 Å². The molecule has 0 amide bonds. The van der Waals surface area contributed by atoms with E-state index in [1.165, 1.54) is 52.3 Å². The van der Waals surface area contributed by atoms with Gasteiger partial charge in [0.25, 0.3) is 0 Å². The number of anilines is 5. The fourth-order valence-corrected chi connectivity index (χ4v) is 16.2. The molecule has 0 spiro atoms. The Morgan fingerprint density at radius 2 is 0.969 bits per heavy atom. The van der Waals surface area contributed by atoms with Crippen LogP contribution in [-0.2, 0) is 0 Å². The molecule has 0 N–H and O–H groups in total. The fraction of sp³-hybridized carbons (Fsp3) is 0.0333. The third kappa shape index (κ3) is 6.79. The van der Waals surface area contributed by atoms with Crippen molar-refractivity contribution in [3.8, 4) is 0 Å². The minimum atomic E-state index is -2.93. The van der Waals surface area contributed by atoms with Gasteiger partial charge in [-0.15, -0.1) is 11.3 Å². The van der Waals surface area contributed by atoms with Gasteiger partial charge in [0.2, 0.25) is 0 Å². The molecule has 1 unspecified atom stereocenters. The van der Waals surface area contributed by atoms with Gasteiger partial charge in [-0.3, -0.25) is 0 Å². The number of hydrogen-bond donors (Lipinski definition) is 0. The lowest BCUT2D eigenvalue weighted by atomic mass is 10.0. The molecule has 0 bridgehead atoms. The van der Waals surface area contributed by atoms with Crippen molar-refractivity contribution in [1.29, 1.82) is 0 Å². The van der Waals surface area contributed by atoms with E-state index in [0.29, 0.717) is 0 Å². The minimum absolute atomic E-state index is 0.110. The van der Waals surface area contributed by atoms with Gasteiger partial charge in [-0.25, -0.2) is 0 Å². The Morgan fingerprint density at radius 3 is 1.69 bits per heavy atom. The monoisotopic (exact) mass is 868 g/mol. The summed E-state index contributed by atoms with van der Waals surface area (Å²) < 4.78 is 9.09. The third-order valence-electron chi connectivity index (χ3n) is 13.1. The number of thiophene rings is 1. The number of furan rings is 1. The molecule has 0 fully saturated rings. The summed E-state index contributed by atoms with van der Waals surface area (Å²) >= 11 is 1.87. The molecule has 1 atom stereocenters. The Kier molecular flexibility index (Phi) is 9.85. The zero-order valence-corrected chi connectivity index (χ0v) is 37.5. The second kappa shape index (κ2) is 16.4. The van der Waals surface area contributed by atoms with Crippen molar-refractivity contribution >= 4 is 106 Å². The summed E-state index contributed by atoms with van der Waals surface area (Å²) in [7, 11) is -2.93. The number of fused-ring (bicyclic) bond motifs is 6. The van der Waals surface area contributed by atoms with E-state index < -0.39 is 8.07 Å². The Labute approximate surface area is 384 Å². The first-order valence-corrected chi connectivity index (χ1v) is 25.2. The van der Waals surface area contributed by atoms with Gasteiger partial charge in [0.15, 0.2) is 8.07 Å². The molecule has 1 aliphatic carbocycles. The van der Waals surface area contributed by atoms with E-state index in [1.807, 2.05) is 23.5 Å². The first-order chi connectivity index (χ1) is 32.2. The van der Waals surface area contributed by atoms with Crippen LogP contribution in [0.4, 0.5) is 28.4 Å². The Balaban J connectivity index is 1.00. The Bertz CT molecular complexity index is 3500. The molecule has 12 rings (SSSR count). The number of nitrogens with zero attached hydrogens (tertiary/aromatic N) is 2. The summed E-state index contributed by atoms with van der Waals surface area (Å²) in [4.78, 5) is 4.90. The Morgan fingerprint density at radius 1 is 0.415 bits per heavy atom. The highest BCUT2D eigenvalue weighted by Gasteiger charge is 2.43. The van der Waals surface area contributed by atoms with E-state index >= 15 is 0 Å². The van der Waals surface area contributed by atoms with Gasteiger partial charge >= 0.3 is 0 Å². The molecule has 2 aromatic heterocycles. The highest BCUT2D eigenvalue weighted by molar-refractivity contribution is 7.25. The van der Waals surface area contributed by atoms with Gasteiger partial charge in [-0.1, -0.05) is 170 Å². The smallest absolute Gasteiger partial charge is 0.179 e. The van der Waals surface area contributed by atoms with E-state index in [0.717, 1.165) is 45.4 Å². The van der Waals surface area contributed by atoms with Gasteiger partial charge in [-0.2, -0.15) is 0 Å². The number of rotatable bonds is 10. The summed E-state index contributed by atoms with van der Waals surface area (Å²) in [6, 6.07) is 84.3. The van der Waals surface area contributed by atoms with Crippen LogP contribution >= 0.6 is 11.3 Å². The van der Waals surface area contributed by atoms with Gasteiger partial charge in [0.1, 0.15) is 11.2 Å². The molecule has 2 heterocycles. The molecule has 3 nitrogen and oxygen atoms in total. The van der Waals surface area contributed by atoms with E-state index in [9.17, 15) is 0 Å². The maximum absolute atomic E-state index is 6.46. The second-order valence-electron chi connectivity index (χ2n) is 16.8. The summed E-state index contributed by atoms with van der Waals surface area (Å²) in [5.74, 6) is 0. The highest BCUT2D eigenvalue weighted by atomic mass is 32.1. The molecular weight excluding hydrogens is 825 g/mol. The van der Waals surface area contributed by atoms with E-state index in [4.69, 9.17) is 4.42 Å². The largest absolute Gasteiger partial charge is 0.456 e. The molecule has 0 saturated carbocycles. The number of benzene rings is 9. The summed E-state index contributed by atoms with van der Waals surface area (Å²) in [6.45, 7) is 0. The van der Waals surface area contributed by atoms with E-state index in [-0.39, 0.29) is 6.04 Å². The van der Waals surface area contributed by atoms with Crippen LogP contribution in [0.5, 0.6) is 0 Å². The molecular formula is C60H44N2OSSi. The van der Waals surface area contributed by atoms with Crippen LogP contribution in [0.15, 0.2) is 258 Å². The zero-order valence-electron chi connectivity index (χ0n) is 35.7. The average Bonchev–Trinajstić information content (AvgIpc) is 3.94. The van der Waals surface area contributed by atoms with Crippen molar-refractivity contribution in [2.75, 3.05) is 9.80 Å². The molecule has 0 saturated heterocycles. The average molecular weight is 869 g/mol. The quantitative estimate of drug-likeness (QED) is 0.101. The molecule has 310 valence electrons. The predicted octanol–water partition coefficient (Wildman–Crippen LogP) is 14.5. The van der Waals surface area contributed by atoms with Crippen LogP contribution in [0.1, 0.15) is 6.42 Å². The first kappa shape index (κ1) is 38.9. The standard InChI is InChI=1S/C60H44N2OSSi/c1-5-18-43(19-6-1)61(48-35-39-56-55-29-14-16-31-59(55)64-60(56)42-48)45-32-36-51(37-33-45)65(49-23-9-3-10-24-49,50-25-11-4-12-26-50)52-27-17-22-46(40-52)62(44-20-7-2-8-21-44)47-34-38-54-53-28-13-15-30-57(53)63-58(54)41-47/h1-32,34-42,45H,33H2. The third-order valence-corrected chi connectivity index (χ3v) is 19.0. The summed E-state index contributed by atoms with van der Waals surface area (Å²) in [5, 5.41) is 10.3. The van der Waals surface area contributed by atoms with Crippen molar-refractivity contribution in [2.45, 2.75) is 12.5 Å². The second-order valence-corrected chi connectivity index (χ2v) is 21.7. The molecule has 65 heavy (non-hydrogen) atoms. The van der Waals surface area contributed by atoms with Gasteiger partial charge in [0, 0.05) is 65.4 Å². The molecule has 0 aliphatic heterocycles. The normalized spacial score (nSPS) is 14.0. The summed E-state index contributed by atoms with van der Waals surface area (Å²) in [5.41, 5.74) is 7.38. The molecule has 0 radical (unpaired) electrons. The van der Waals surface area contributed by atoms with Crippen LogP contribution in [-0.4, -0.2) is 14.1 Å². The topological polar surface area (TPSA) is 19.6 Å². The van der Waals surface area contributed by atoms with Crippen LogP contribution in [0, 0.1) is 0 Å². The lowest BCUT2D eigenvalue weighted by molar-refractivity contribution is 0.669. The number of para-hydroxylation sites is 3. The van der Waals surface area contributed by atoms with E-state index in [2.05, 4.69) is 246 Å². The fourth-order valence-electron chi connectivity index (χ4n) is 10.2. The molecule has 11 aromatic rings. The molecule has 9 aromatic carbocycles. The number of allylic oxidation sites excluding steroid dienone is 2. The molecule has 1 aliphatic rings. The number of hydrogen-bond acceptors (Lipinski definition) is 4. The Hall–Kier alpha value is -7.70. The van der Waals surface area contributed by atoms with Crippen molar-refractivity contribution in [3.05, 3.63) is 254 Å². The first-order valence-electron chi connectivity index (χ1n) is 22.3. The van der Waals surface area contributed by atoms with Crippen LogP contribution in [0.2, 0.25) is 0 Å². The van der Waals surface area contributed by atoms with Gasteiger partial charge in [0.05, 0.1) is 6.04 Å². The van der Waals surface area contributed by atoms with Gasteiger partial charge in [-0.05, 0) is 100.0 Å². The lowest BCUT2D eigenvalue weighted by Gasteiger charge is -2.39. The van der Waals surface area contributed by atoms with Crippen molar-refractivity contribution in [2.24, 2.45) is 0 Å². The van der Waals surface area contributed by atoms with Crippen molar-refractivity contribution in [3.63, 3.8) is 0 Å². The predicted molar refractivity (Wildman–Crippen MR) is 279 cm³/mol. The van der Waals surface area contributed by atoms with Crippen LogP contribution < -0.4 is 25.4 Å². The zero-order chi connectivity index (χ0) is 43.2. The van der Waals surface area contributed by atoms with Crippen LogP contribution in [0.3, 0.4) is 0 Å².